The summed E-state index contributed by atoms with van der Waals surface area (Å²) in [5, 5.41) is 10.0. The maximum Gasteiger partial charge on any atom is 0.348 e. The summed E-state index contributed by atoms with van der Waals surface area (Å²) in [4.78, 5) is 29.4. The molecular formula is C26H39NO5S. The van der Waals surface area contributed by atoms with Gasteiger partial charge in [0.15, 0.2) is 0 Å². The first-order valence-electron chi connectivity index (χ1n) is 12.6. The predicted molar refractivity (Wildman–Crippen MR) is 130 cm³/mol. The van der Waals surface area contributed by atoms with Crippen LogP contribution in [0.1, 0.15) is 93.6 Å². The number of rotatable bonds is 6. The highest BCUT2D eigenvalue weighted by atomic mass is 32.1. The molecule has 1 aromatic rings. The number of anilines is 1. The summed E-state index contributed by atoms with van der Waals surface area (Å²) >= 11 is 1.32. The molecule has 1 saturated heterocycles. The van der Waals surface area contributed by atoms with E-state index in [4.69, 9.17) is 9.47 Å². The molecule has 2 saturated carbocycles. The van der Waals surface area contributed by atoms with Crippen LogP contribution >= 0.6 is 11.3 Å². The van der Waals surface area contributed by atoms with Crippen molar-refractivity contribution in [3.8, 4) is 0 Å². The minimum Gasteiger partial charge on any atom is -0.477 e. The summed E-state index contributed by atoms with van der Waals surface area (Å²) in [6, 6.07) is 2.00. The molecular weight excluding hydrogens is 438 g/mol. The Morgan fingerprint density at radius 2 is 1.67 bits per heavy atom. The summed E-state index contributed by atoms with van der Waals surface area (Å²) in [6.45, 7) is 9.89. The van der Waals surface area contributed by atoms with Crippen LogP contribution < -0.4 is 4.90 Å². The zero-order chi connectivity index (χ0) is 23.8. The topological polar surface area (TPSA) is 76.1 Å². The fourth-order valence-electron chi connectivity index (χ4n) is 5.29. The molecule has 3 aliphatic rings. The van der Waals surface area contributed by atoms with Gasteiger partial charge in [0.25, 0.3) is 0 Å². The van der Waals surface area contributed by atoms with E-state index in [1.165, 1.54) is 11.3 Å². The Morgan fingerprint density at radius 1 is 1.03 bits per heavy atom. The minimum atomic E-state index is -0.942. The molecule has 0 unspecified atom stereocenters. The molecule has 7 heteroatoms. The maximum atomic E-state index is 13.9. The molecule has 0 bridgehead atoms. The van der Waals surface area contributed by atoms with Crippen LogP contribution in [-0.4, -0.2) is 48.4 Å². The molecule has 2 aliphatic carbocycles. The normalized spacial score (nSPS) is 28.8. The molecule has 1 N–H and O–H groups in total. The van der Waals surface area contributed by atoms with Gasteiger partial charge in [0, 0.05) is 16.8 Å². The number of hydrogen-bond donors (Lipinski definition) is 1. The Bertz CT molecular complexity index is 839. The monoisotopic (exact) mass is 477 g/mol. The van der Waals surface area contributed by atoms with Crippen molar-refractivity contribution in [1.82, 2.24) is 0 Å². The minimum absolute atomic E-state index is 0.0121. The largest absolute Gasteiger partial charge is 0.477 e. The molecule has 0 atom stereocenters. The molecule has 1 aliphatic heterocycles. The first-order valence-corrected chi connectivity index (χ1v) is 13.4. The Morgan fingerprint density at radius 3 is 2.18 bits per heavy atom. The number of hydrogen-bond acceptors (Lipinski definition) is 5. The van der Waals surface area contributed by atoms with Crippen LogP contribution in [-0.2, 0) is 19.7 Å². The number of carboxylic acids is 1. The van der Waals surface area contributed by atoms with Gasteiger partial charge in [-0.1, -0.05) is 27.7 Å². The highest BCUT2D eigenvalue weighted by Crippen LogP contribution is 2.42. The number of nitrogens with zero attached hydrogens (tertiary/aromatic N) is 1. The van der Waals surface area contributed by atoms with Gasteiger partial charge in [-0.3, -0.25) is 4.79 Å². The highest BCUT2D eigenvalue weighted by Gasteiger charge is 2.39. The summed E-state index contributed by atoms with van der Waals surface area (Å²) in [5.74, 6) is -0.169. The number of thiophene rings is 1. The van der Waals surface area contributed by atoms with E-state index in [0.717, 1.165) is 56.2 Å². The third-order valence-corrected chi connectivity index (χ3v) is 9.05. The highest BCUT2D eigenvalue weighted by molar-refractivity contribution is 7.14. The van der Waals surface area contributed by atoms with E-state index in [-0.39, 0.29) is 35.5 Å². The van der Waals surface area contributed by atoms with Crippen LogP contribution in [0.25, 0.3) is 0 Å². The van der Waals surface area contributed by atoms with E-state index in [2.05, 4.69) is 27.7 Å². The summed E-state index contributed by atoms with van der Waals surface area (Å²) in [5.41, 5.74) is 0.441. The number of carbonyl (C=O) groups is 2. The molecule has 3 fully saturated rings. The third-order valence-electron chi connectivity index (χ3n) is 7.51. The van der Waals surface area contributed by atoms with Gasteiger partial charge in [0.2, 0.25) is 5.91 Å². The molecule has 6 nitrogen and oxygen atoms in total. The van der Waals surface area contributed by atoms with Crippen molar-refractivity contribution in [3.05, 3.63) is 15.8 Å². The number of carbonyl (C=O) groups excluding carboxylic acids is 1. The van der Waals surface area contributed by atoms with Gasteiger partial charge < -0.3 is 19.5 Å². The zero-order valence-corrected chi connectivity index (χ0v) is 21.3. The van der Waals surface area contributed by atoms with E-state index >= 15 is 0 Å². The van der Waals surface area contributed by atoms with Crippen molar-refractivity contribution in [2.75, 3.05) is 18.1 Å². The molecule has 0 aromatic carbocycles. The number of aromatic carboxylic acids is 1. The van der Waals surface area contributed by atoms with Crippen molar-refractivity contribution in [2.24, 2.45) is 11.8 Å². The van der Waals surface area contributed by atoms with Gasteiger partial charge in [0.05, 0.1) is 25.0 Å². The standard InChI is InChI=1S/C26H39NO5S/c1-16-5-7-17(8-6-16)24(28)27(18-9-11-19(12-10-18)32-20-14-31-15-20)21-13-22(26(2,3)4)33-23(21)25(29)30/h13,16-20H,5-12,14-15H2,1-4H3,(H,29,30)/t16-,17-,18-,19+. The molecule has 2 heterocycles. The lowest BCUT2D eigenvalue weighted by molar-refractivity contribution is -0.160. The lowest BCUT2D eigenvalue weighted by Gasteiger charge is -2.40. The average Bonchev–Trinajstić information content (AvgIpc) is 3.18. The molecule has 184 valence electrons. The Kier molecular flexibility index (Phi) is 7.51. The summed E-state index contributed by atoms with van der Waals surface area (Å²) in [6.07, 6.45) is 7.81. The Labute approximate surface area is 201 Å². The first-order chi connectivity index (χ1) is 15.6. The van der Waals surface area contributed by atoms with Gasteiger partial charge in [-0.15, -0.1) is 11.3 Å². The van der Waals surface area contributed by atoms with E-state index in [9.17, 15) is 14.7 Å². The smallest absolute Gasteiger partial charge is 0.348 e. The van der Waals surface area contributed by atoms with E-state index in [1.807, 2.05) is 11.0 Å². The Balaban J connectivity index is 1.60. The quantitative estimate of drug-likeness (QED) is 0.575. The number of carboxylic acid groups (broad SMARTS) is 1. The van der Waals surface area contributed by atoms with Crippen LogP contribution in [0.4, 0.5) is 5.69 Å². The van der Waals surface area contributed by atoms with Crippen LogP contribution in [0.15, 0.2) is 6.07 Å². The SMILES string of the molecule is CC(C)(C)c1cc(N(C(=O)[C@H]2CC[C@H](C)CC2)[C@H]2CC[C@@H](OC3COC3)CC2)c(C(=O)O)s1. The van der Waals surface area contributed by atoms with Crippen molar-refractivity contribution in [1.29, 1.82) is 0 Å². The van der Waals surface area contributed by atoms with Crippen LogP contribution in [0.2, 0.25) is 0 Å². The van der Waals surface area contributed by atoms with Gasteiger partial charge >= 0.3 is 5.97 Å². The molecule has 0 spiro atoms. The maximum absolute atomic E-state index is 13.9. The molecule has 1 aromatic heterocycles. The van der Waals surface area contributed by atoms with Crippen LogP contribution in [0, 0.1) is 11.8 Å². The van der Waals surface area contributed by atoms with Gasteiger partial charge in [0.1, 0.15) is 11.0 Å². The van der Waals surface area contributed by atoms with Gasteiger partial charge in [-0.25, -0.2) is 4.79 Å². The van der Waals surface area contributed by atoms with Gasteiger partial charge in [-0.2, -0.15) is 0 Å². The fourth-order valence-corrected chi connectivity index (χ4v) is 6.33. The fraction of sp³-hybridized carbons (Fsp3) is 0.769. The number of ether oxygens (including phenoxy) is 2. The first kappa shape index (κ1) is 24.7. The molecule has 0 radical (unpaired) electrons. The van der Waals surface area contributed by atoms with Crippen LogP contribution in [0.5, 0.6) is 0 Å². The zero-order valence-electron chi connectivity index (χ0n) is 20.5. The predicted octanol–water partition coefficient (Wildman–Crippen LogP) is 5.63. The summed E-state index contributed by atoms with van der Waals surface area (Å²) in [7, 11) is 0. The Hall–Kier alpha value is -1.44. The second-order valence-electron chi connectivity index (χ2n) is 11.3. The van der Waals surface area contributed by atoms with Crippen molar-refractivity contribution >= 4 is 28.9 Å². The second-order valence-corrected chi connectivity index (χ2v) is 12.3. The van der Waals surface area contributed by atoms with Crippen molar-refractivity contribution < 1.29 is 24.2 Å². The van der Waals surface area contributed by atoms with Crippen LogP contribution in [0.3, 0.4) is 0 Å². The van der Waals surface area contributed by atoms with E-state index in [1.54, 1.807) is 0 Å². The molecule has 4 rings (SSSR count). The van der Waals surface area contributed by atoms with E-state index in [0.29, 0.717) is 29.7 Å². The summed E-state index contributed by atoms with van der Waals surface area (Å²) < 4.78 is 11.4. The third kappa shape index (κ3) is 5.63. The lowest BCUT2D eigenvalue weighted by atomic mass is 9.81. The molecule has 1 amide bonds. The van der Waals surface area contributed by atoms with Crippen molar-refractivity contribution in [2.45, 2.75) is 103 Å². The van der Waals surface area contributed by atoms with Gasteiger partial charge in [-0.05, 0) is 68.8 Å². The van der Waals surface area contributed by atoms with E-state index < -0.39 is 5.97 Å². The number of amides is 1. The molecule has 33 heavy (non-hydrogen) atoms. The average molecular weight is 478 g/mol. The lowest BCUT2D eigenvalue weighted by Crippen LogP contribution is -2.48. The van der Waals surface area contributed by atoms with Crippen molar-refractivity contribution in [3.63, 3.8) is 0 Å². The second kappa shape index (κ2) is 10.0.